The van der Waals surface area contributed by atoms with Crippen LogP contribution < -0.4 is 10.5 Å². The van der Waals surface area contributed by atoms with Gasteiger partial charge in [-0.05, 0) is 23.1 Å². The zero-order valence-electron chi connectivity index (χ0n) is 13.9. The van der Waals surface area contributed by atoms with Crippen molar-refractivity contribution < 1.29 is 9.53 Å². The lowest BCUT2D eigenvalue weighted by molar-refractivity contribution is -0.112. The highest BCUT2D eigenvalue weighted by Crippen LogP contribution is 2.27. The molecule has 1 amide bonds. The van der Waals surface area contributed by atoms with Crippen LogP contribution in [0.3, 0.4) is 0 Å². The molecule has 0 saturated heterocycles. The third-order valence-corrected chi connectivity index (χ3v) is 3.20. The molecule has 0 saturated carbocycles. The first-order valence-electron chi connectivity index (χ1n) is 7.61. The highest BCUT2D eigenvalue weighted by molar-refractivity contribution is 5.92. The maximum Gasteiger partial charge on any atom is 0.293 e. The van der Waals surface area contributed by atoms with Crippen molar-refractivity contribution in [3.63, 3.8) is 0 Å². The zero-order chi connectivity index (χ0) is 17.5. The number of carbonyl (C=O) groups excluding carboxylic acids is 1. The van der Waals surface area contributed by atoms with Gasteiger partial charge in [0, 0.05) is 12.0 Å². The molecule has 5 nitrogen and oxygen atoms in total. The summed E-state index contributed by atoms with van der Waals surface area (Å²) in [6, 6.07) is 13.8. The van der Waals surface area contributed by atoms with Crippen molar-refractivity contribution >= 4 is 11.6 Å². The minimum absolute atomic E-state index is 0.547. The van der Waals surface area contributed by atoms with Gasteiger partial charge in [0.1, 0.15) is 11.3 Å². The number of pyridine rings is 1. The first kappa shape index (κ1) is 17.1. The minimum Gasteiger partial charge on any atom is -0.482 e. The monoisotopic (exact) mass is 321 g/mol. The number of nitrogens with zero attached hydrogens (tertiary/aromatic N) is 2. The molecule has 0 aliphatic rings. The van der Waals surface area contributed by atoms with Crippen molar-refractivity contribution in [2.24, 2.45) is 5.73 Å². The Bertz CT molecular complexity index is 903. The van der Waals surface area contributed by atoms with Crippen LogP contribution in [-0.4, -0.2) is 22.4 Å². The van der Waals surface area contributed by atoms with Crippen LogP contribution in [0.5, 0.6) is 5.88 Å². The van der Waals surface area contributed by atoms with Crippen LogP contribution in [0.2, 0.25) is 0 Å². The van der Waals surface area contributed by atoms with E-state index in [1.807, 2.05) is 56.3 Å². The van der Waals surface area contributed by atoms with Crippen molar-refractivity contribution in [1.29, 1.82) is 0 Å². The molecule has 2 N–H and O–H groups in total. The molecule has 2 heterocycles. The zero-order valence-corrected chi connectivity index (χ0v) is 13.9. The molecule has 2 aromatic heterocycles. The van der Waals surface area contributed by atoms with Crippen LogP contribution in [0.25, 0.3) is 16.8 Å². The van der Waals surface area contributed by atoms with Gasteiger partial charge in [0.15, 0.2) is 0 Å². The summed E-state index contributed by atoms with van der Waals surface area (Å²) in [6.07, 6.45) is 1.59. The minimum atomic E-state index is -0.685. The van der Waals surface area contributed by atoms with Gasteiger partial charge in [0.25, 0.3) is 5.91 Å². The summed E-state index contributed by atoms with van der Waals surface area (Å²) in [5, 5.41) is 0. The number of rotatable bonds is 2. The van der Waals surface area contributed by atoms with Crippen molar-refractivity contribution in [3.8, 4) is 28.8 Å². The SMILES string of the molecule is CC.COc1cc(-c2ccccc2)cc2ncc(C#CC(N)=O)n12. The lowest BCUT2D eigenvalue weighted by Crippen LogP contribution is -2.06. The van der Waals surface area contributed by atoms with E-state index in [-0.39, 0.29) is 0 Å². The second-order valence-corrected chi connectivity index (χ2v) is 4.60. The Balaban J connectivity index is 0.00000100. The van der Waals surface area contributed by atoms with E-state index in [4.69, 9.17) is 10.5 Å². The highest BCUT2D eigenvalue weighted by atomic mass is 16.5. The Labute approximate surface area is 141 Å². The number of primary amides is 1. The lowest BCUT2D eigenvalue weighted by atomic mass is 10.1. The number of fused-ring (bicyclic) bond motifs is 1. The summed E-state index contributed by atoms with van der Waals surface area (Å²) >= 11 is 0. The van der Waals surface area contributed by atoms with E-state index in [1.54, 1.807) is 17.7 Å². The maximum absolute atomic E-state index is 10.8. The fourth-order valence-electron chi connectivity index (χ4n) is 2.24. The third-order valence-electron chi connectivity index (χ3n) is 3.20. The molecule has 0 fully saturated rings. The van der Waals surface area contributed by atoms with E-state index < -0.39 is 5.91 Å². The second-order valence-electron chi connectivity index (χ2n) is 4.60. The number of carbonyl (C=O) groups is 1. The van der Waals surface area contributed by atoms with Gasteiger partial charge in [-0.15, -0.1) is 0 Å². The first-order valence-corrected chi connectivity index (χ1v) is 7.61. The van der Waals surface area contributed by atoms with E-state index >= 15 is 0 Å². The molecule has 0 unspecified atom stereocenters. The van der Waals surface area contributed by atoms with E-state index in [0.29, 0.717) is 17.2 Å². The van der Waals surface area contributed by atoms with Crippen molar-refractivity contribution in [2.45, 2.75) is 13.8 Å². The van der Waals surface area contributed by atoms with Crippen LogP contribution in [0.15, 0.2) is 48.7 Å². The van der Waals surface area contributed by atoms with E-state index in [2.05, 4.69) is 16.8 Å². The Morgan fingerprint density at radius 1 is 1.17 bits per heavy atom. The number of amides is 1. The number of imidazole rings is 1. The number of nitrogens with two attached hydrogens (primary N) is 1. The largest absolute Gasteiger partial charge is 0.482 e. The molecule has 0 atom stereocenters. The molecule has 0 aliphatic heterocycles. The number of benzene rings is 1. The Kier molecular flexibility index (Phi) is 5.58. The maximum atomic E-state index is 10.8. The molecule has 3 rings (SSSR count). The summed E-state index contributed by atoms with van der Waals surface area (Å²) in [4.78, 5) is 15.1. The van der Waals surface area contributed by atoms with Crippen LogP contribution in [0, 0.1) is 11.8 Å². The van der Waals surface area contributed by atoms with Crippen LogP contribution in [0.1, 0.15) is 19.5 Å². The van der Waals surface area contributed by atoms with E-state index in [0.717, 1.165) is 11.1 Å². The summed E-state index contributed by atoms with van der Waals surface area (Å²) in [6.45, 7) is 4.00. The predicted molar refractivity (Wildman–Crippen MR) is 94.6 cm³/mol. The van der Waals surface area contributed by atoms with Gasteiger partial charge >= 0.3 is 0 Å². The van der Waals surface area contributed by atoms with Crippen LogP contribution >= 0.6 is 0 Å². The average molecular weight is 321 g/mol. The van der Waals surface area contributed by atoms with Gasteiger partial charge in [0.05, 0.1) is 13.3 Å². The number of hydrogen-bond donors (Lipinski definition) is 1. The van der Waals surface area contributed by atoms with Gasteiger partial charge in [-0.25, -0.2) is 4.98 Å². The van der Waals surface area contributed by atoms with Gasteiger partial charge in [-0.3, -0.25) is 9.20 Å². The van der Waals surface area contributed by atoms with Gasteiger partial charge in [0.2, 0.25) is 5.88 Å². The fraction of sp³-hybridized carbons (Fsp3) is 0.158. The number of hydrogen-bond acceptors (Lipinski definition) is 3. The normalized spacial score (nSPS) is 9.46. The Morgan fingerprint density at radius 2 is 1.88 bits per heavy atom. The van der Waals surface area contributed by atoms with Crippen molar-refractivity contribution in [1.82, 2.24) is 9.38 Å². The quantitative estimate of drug-likeness (QED) is 0.738. The second kappa shape index (κ2) is 7.84. The molecular formula is C19H19N3O2. The standard InChI is InChI=1S/C17H13N3O2.C2H6/c1-22-17-10-13(12-5-3-2-4-6-12)9-16-19-11-14(20(16)17)7-8-15(18)21;1-2/h2-6,9-11H,1H3,(H2,18,21);1-2H3. The summed E-state index contributed by atoms with van der Waals surface area (Å²) < 4.78 is 7.17. The molecule has 24 heavy (non-hydrogen) atoms. The average Bonchev–Trinajstić information content (AvgIpc) is 3.04. The lowest BCUT2D eigenvalue weighted by Gasteiger charge is -2.09. The molecule has 122 valence electrons. The number of methoxy groups -OCH3 is 1. The van der Waals surface area contributed by atoms with Crippen LogP contribution in [-0.2, 0) is 4.79 Å². The smallest absolute Gasteiger partial charge is 0.293 e. The van der Waals surface area contributed by atoms with Gasteiger partial charge in [-0.2, -0.15) is 0 Å². The van der Waals surface area contributed by atoms with E-state index in [9.17, 15) is 4.79 Å². The summed E-state index contributed by atoms with van der Waals surface area (Å²) in [5.41, 5.74) is 8.34. The predicted octanol–water partition coefficient (Wildman–Crippen LogP) is 2.87. The first-order chi connectivity index (χ1) is 11.7. The molecule has 0 bridgehead atoms. The molecular weight excluding hydrogens is 302 g/mol. The van der Waals surface area contributed by atoms with Crippen molar-refractivity contribution in [2.75, 3.05) is 7.11 Å². The van der Waals surface area contributed by atoms with E-state index in [1.165, 1.54) is 0 Å². The molecule has 0 radical (unpaired) electrons. The topological polar surface area (TPSA) is 69.6 Å². The summed E-state index contributed by atoms with van der Waals surface area (Å²) in [5.74, 6) is 4.91. The van der Waals surface area contributed by atoms with Crippen LogP contribution in [0.4, 0.5) is 0 Å². The van der Waals surface area contributed by atoms with Gasteiger partial charge in [-0.1, -0.05) is 44.2 Å². The number of aromatic nitrogens is 2. The molecule has 0 aliphatic carbocycles. The fourth-order valence-corrected chi connectivity index (χ4v) is 2.24. The van der Waals surface area contributed by atoms with Gasteiger partial charge < -0.3 is 10.5 Å². The molecule has 3 aromatic rings. The summed E-state index contributed by atoms with van der Waals surface area (Å²) in [7, 11) is 1.58. The Morgan fingerprint density at radius 3 is 2.50 bits per heavy atom. The van der Waals surface area contributed by atoms with Crippen molar-refractivity contribution in [3.05, 3.63) is 54.4 Å². The highest BCUT2D eigenvalue weighted by Gasteiger charge is 2.10. The third kappa shape index (κ3) is 3.55. The molecule has 1 aromatic carbocycles. The number of ether oxygens (including phenoxy) is 1. The Hall–Kier alpha value is -3.26. The molecule has 5 heteroatoms. The molecule has 0 spiro atoms.